The van der Waals surface area contributed by atoms with Crippen molar-refractivity contribution >= 4 is 23.6 Å². The van der Waals surface area contributed by atoms with Gasteiger partial charge in [-0.1, -0.05) is 26.0 Å². The Morgan fingerprint density at radius 1 is 1.05 bits per heavy atom. The summed E-state index contributed by atoms with van der Waals surface area (Å²) >= 11 is 1.54. The van der Waals surface area contributed by atoms with Gasteiger partial charge in [-0.2, -0.15) is 0 Å². The van der Waals surface area contributed by atoms with Crippen molar-refractivity contribution < 1.29 is 69.1 Å². The van der Waals surface area contributed by atoms with Gasteiger partial charge in [0, 0.05) is 29.4 Å². The van der Waals surface area contributed by atoms with Crippen LogP contribution >= 0.6 is 11.8 Å². The largest absolute Gasteiger partial charge is 1.00 e. The molecule has 5 N–H and O–H groups in total. The number of carboxylic acid groups (broad SMARTS) is 1. The van der Waals surface area contributed by atoms with Crippen molar-refractivity contribution in [3.05, 3.63) is 71.3 Å². The molecule has 43 heavy (non-hydrogen) atoms. The number of aliphatic hydroxyl groups is 4. The molecule has 1 heterocycles. The van der Waals surface area contributed by atoms with Crippen LogP contribution in [0.5, 0.6) is 0 Å². The number of benzene rings is 2. The van der Waals surface area contributed by atoms with Crippen LogP contribution in [0.1, 0.15) is 66.9 Å². The van der Waals surface area contributed by atoms with Gasteiger partial charge in [-0.05, 0) is 67.0 Å². The van der Waals surface area contributed by atoms with Gasteiger partial charge in [0.05, 0.1) is 30.6 Å². The summed E-state index contributed by atoms with van der Waals surface area (Å²) in [6.45, 7) is 3.31. The Hall–Kier alpha value is -2.29. The van der Waals surface area contributed by atoms with Crippen LogP contribution in [0.2, 0.25) is 0 Å². The molecule has 0 aliphatic carbocycles. The molecule has 0 radical (unpaired) electrons. The predicted molar refractivity (Wildman–Crippen MR) is 154 cm³/mol. The molecule has 0 saturated heterocycles. The number of carbonyl (C=O) groups is 2. The first-order valence-electron chi connectivity index (χ1n) is 13.6. The number of nitrogens with one attached hydrogen (secondary N) is 1. The molecule has 1 aromatic heterocycles. The minimum atomic E-state index is -1.43. The molecule has 0 bridgehead atoms. The number of aliphatic carboxylic acids is 1. The van der Waals surface area contributed by atoms with E-state index in [1.165, 1.54) is 24.3 Å². The smallest absolute Gasteiger partial charge is 0.550 e. The Balaban J connectivity index is 0.00000645. The number of hydrogen-bond donors (Lipinski definition) is 5. The Bertz CT molecular complexity index is 1340. The minimum absolute atomic E-state index is 0. The van der Waals surface area contributed by atoms with Crippen molar-refractivity contribution in [3.8, 4) is 11.4 Å². The van der Waals surface area contributed by atoms with Gasteiger partial charge in [-0.3, -0.25) is 4.79 Å². The minimum Gasteiger partial charge on any atom is -0.550 e. The molecule has 1 unspecified atom stereocenters. The molecule has 0 aliphatic heterocycles. The van der Waals surface area contributed by atoms with E-state index in [9.17, 15) is 39.5 Å². The van der Waals surface area contributed by atoms with Crippen molar-refractivity contribution in [2.45, 2.75) is 74.8 Å². The van der Waals surface area contributed by atoms with Crippen LogP contribution in [-0.2, 0) is 11.3 Å². The van der Waals surface area contributed by atoms with E-state index in [1.54, 1.807) is 28.5 Å². The number of thioether (sulfide) groups is 1. The molecule has 3 rings (SSSR count). The summed E-state index contributed by atoms with van der Waals surface area (Å²) in [6.07, 6.45) is -2.31. The van der Waals surface area contributed by atoms with E-state index in [0.29, 0.717) is 22.6 Å². The van der Waals surface area contributed by atoms with Crippen molar-refractivity contribution in [2.75, 3.05) is 12.9 Å². The molecule has 1 amide bonds. The van der Waals surface area contributed by atoms with E-state index in [2.05, 4.69) is 10.3 Å². The normalized spacial score (nSPS) is 14.1. The zero-order chi connectivity index (χ0) is 31.0. The number of aliphatic hydroxyl groups excluding tert-OH is 4. The fraction of sp³-hybridized carbons (Fsp3) is 0.433. The van der Waals surface area contributed by atoms with Crippen LogP contribution in [0.15, 0.2) is 53.4 Å². The Labute approximate surface area is 276 Å². The molecule has 10 nitrogen and oxygen atoms in total. The fourth-order valence-electron chi connectivity index (χ4n) is 4.74. The van der Waals surface area contributed by atoms with E-state index in [4.69, 9.17) is 0 Å². The van der Waals surface area contributed by atoms with Gasteiger partial charge in [0.15, 0.2) is 0 Å². The molecule has 0 fully saturated rings. The SMILES string of the molecule is CSc1ccc(C(O)[C@H](CO)NC(=O)c2nc(-c3ccc(F)cc3)n(CC[C@@H](O)C[C@@H](O)CC(=O)[O-])c2C(C)C)cc1.[Na+]. The Kier molecular flexibility index (Phi) is 14.8. The van der Waals surface area contributed by atoms with E-state index >= 15 is 0 Å². The molecule has 13 heteroatoms. The average molecular weight is 626 g/mol. The molecule has 2 aromatic carbocycles. The third-order valence-electron chi connectivity index (χ3n) is 6.86. The fourth-order valence-corrected chi connectivity index (χ4v) is 5.15. The van der Waals surface area contributed by atoms with E-state index in [-0.39, 0.29) is 60.6 Å². The summed E-state index contributed by atoms with van der Waals surface area (Å²) in [6, 6.07) is 11.6. The summed E-state index contributed by atoms with van der Waals surface area (Å²) in [5, 5.41) is 54.8. The monoisotopic (exact) mass is 625 g/mol. The average Bonchev–Trinajstić information content (AvgIpc) is 3.34. The van der Waals surface area contributed by atoms with Crippen molar-refractivity contribution in [2.24, 2.45) is 0 Å². The Morgan fingerprint density at radius 3 is 2.21 bits per heavy atom. The number of imidazole rings is 1. The molecule has 0 spiro atoms. The number of nitrogens with zero attached hydrogens (tertiary/aromatic N) is 2. The van der Waals surface area contributed by atoms with Gasteiger partial charge in [0.1, 0.15) is 23.4 Å². The van der Waals surface area contributed by atoms with Gasteiger partial charge in [0.2, 0.25) is 0 Å². The number of halogens is 1. The maximum absolute atomic E-state index is 13.7. The molecule has 0 aliphatic rings. The van der Waals surface area contributed by atoms with Crippen LogP contribution in [0, 0.1) is 5.82 Å². The van der Waals surface area contributed by atoms with E-state index < -0.39 is 55.1 Å². The van der Waals surface area contributed by atoms with Gasteiger partial charge >= 0.3 is 29.6 Å². The zero-order valence-corrected chi connectivity index (χ0v) is 27.6. The molecular weight excluding hydrogens is 588 g/mol. The summed E-state index contributed by atoms with van der Waals surface area (Å²) in [7, 11) is 0. The third kappa shape index (κ3) is 10.1. The standard InChI is InChI=1S/C30H38FN3O7S.Na/c1-17(2)27-26(30(41)32-24(16-35)28(40)18-6-10-23(42-3)11-7-18)33-29(19-4-8-20(31)9-5-19)34(27)13-12-21(36)14-22(37)15-25(38)39;/h4-11,17,21-22,24,28,35-37,40H,12-16H2,1-3H3,(H,32,41)(H,38,39);/q;+1/p-1/t21-,22-,24+,28?;/m1./s1. The summed E-state index contributed by atoms with van der Waals surface area (Å²) < 4.78 is 15.4. The molecule has 0 saturated carbocycles. The number of aromatic nitrogens is 2. The van der Waals surface area contributed by atoms with E-state index in [1.807, 2.05) is 32.2 Å². The Morgan fingerprint density at radius 2 is 1.67 bits per heavy atom. The van der Waals surface area contributed by atoms with Gasteiger partial charge in [-0.25, -0.2) is 9.37 Å². The molecular formula is C30H37FN3NaO7S. The summed E-state index contributed by atoms with van der Waals surface area (Å²) in [5.74, 6) is -2.43. The van der Waals surface area contributed by atoms with Crippen molar-refractivity contribution in [1.82, 2.24) is 14.9 Å². The molecule has 3 aromatic rings. The first kappa shape index (κ1) is 36.9. The summed E-state index contributed by atoms with van der Waals surface area (Å²) in [4.78, 5) is 30.0. The van der Waals surface area contributed by atoms with Crippen molar-refractivity contribution in [3.63, 3.8) is 0 Å². The van der Waals surface area contributed by atoms with Crippen LogP contribution in [0.4, 0.5) is 4.39 Å². The third-order valence-corrected chi connectivity index (χ3v) is 7.60. The number of hydrogen-bond acceptors (Lipinski definition) is 9. The zero-order valence-electron chi connectivity index (χ0n) is 24.7. The van der Waals surface area contributed by atoms with E-state index in [0.717, 1.165) is 4.90 Å². The topological polar surface area (TPSA) is 168 Å². The molecule has 4 atom stereocenters. The predicted octanol–water partition coefficient (Wildman–Crippen LogP) is -0.995. The number of rotatable bonds is 15. The van der Waals surface area contributed by atoms with Gasteiger partial charge in [0.25, 0.3) is 5.91 Å². The van der Waals surface area contributed by atoms with Gasteiger partial charge < -0.3 is 40.2 Å². The first-order valence-corrected chi connectivity index (χ1v) is 14.8. The van der Waals surface area contributed by atoms with Gasteiger partial charge in [-0.15, -0.1) is 11.8 Å². The second-order valence-corrected chi connectivity index (χ2v) is 11.3. The molecule has 228 valence electrons. The second-order valence-electron chi connectivity index (χ2n) is 10.4. The first-order chi connectivity index (χ1) is 19.9. The quantitative estimate of drug-likeness (QED) is 0.105. The summed E-state index contributed by atoms with van der Waals surface area (Å²) in [5.41, 5.74) is 1.57. The van der Waals surface area contributed by atoms with Crippen LogP contribution < -0.4 is 40.0 Å². The second kappa shape index (κ2) is 17.3. The van der Waals surface area contributed by atoms with Crippen LogP contribution in [0.3, 0.4) is 0 Å². The maximum atomic E-state index is 13.7. The maximum Gasteiger partial charge on any atom is 1.00 e. The number of carbonyl (C=O) groups excluding carboxylic acids is 2. The van der Waals surface area contributed by atoms with Crippen molar-refractivity contribution in [1.29, 1.82) is 0 Å². The van der Waals surface area contributed by atoms with Crippen LogP contribution in [-0.4, -0.2) is 73.0 Å². The number of carboxylic acids is 1. The van der Waals surface area contributed by atoms with Crippen LogP contribution in [0.25, 0.3) is 11.4 Å². The number of amides is 1.